The van der Waals surface area contributed by atoms with Crippen molar-refractivity contribution in [2.45, 2.75) is 13.3 Å². The Hall–Kier alpha value is -2.39. The summed E-state index contributed by atoms with van der Waals surface area (Å²) in [6, 6.07) is 22.5. The summed E-state index contributed by atoms with van der Waals surface area (Å²) in [5.41, 5.74) is 5.81. The molecule has 10 heteroatoms. The molecule has 7 nitrogen and oxygen atoms in total. The van der Waals surface area contributed by atoms with Crippen LogP contribution in [0.25, 0.3) is 45.1 Å². The van der Waals surface area contributed by atoms with Gasteiger partial charge in [0.1, 0.15) is 11.4 Å². The third-order valence-corrected chi connectivity index (χ3v) is 5.36. The maximum absolute atomic E-state index is 5.04. The van der Waals surface area contributed by atoms with Gasteiger partial charge in [0.15, 0.2) is 11.6 Å². The molecular weight excluding hydrogens is 520 g/mol. The first-order valence-corrected chi connectivity index (χ1v) is 10.7. The topological polar surface area (TPSA) is 55.0 Å². The van der Waals surface area contributed by atoms with Gasteiger partial charge in [-0.25, -0.2) is 15.0 Å². The fourth-order valence-electron chi connectivity index (χ4n) is 4.08. The van der Waals surface area contributed by atoms with Gasteiger partial charge in [0.25, 0.3) is 0 Å². The van der Waals surface area contributed by atoms with Crippen LogP contribution >= 0.6 is 0 Å². The zero-order valence-corrected chi connectivity index (χ0v) is 23.0. The van der Waals surface area contributed by atoms with E-state index in [2.05, 4.69) is 59.3 Å². The molecule has 181 valence electrons. The maximum atomic E-state index is 5.04. The number of aromatic nitrogens is 5. The molecular formula is C25H27Cl2N7V. The molecule has 0 amide bonds. The average Bonchev–Trinajstić information content (AvgIpc) is 3.32. The van der Waals surface area contributed by atoms with Crippen LogP contribution < -0.4 is 24.8 Å². The van der Waals surface area contributed by atoms with E-state index in [1.54, 1.807) is 0 Å². The molecule has 0 aliphatic rings. The van der Waals surface area contributed by atoms with Crippen molar-refractivity contribution in [3.8, 4) is 23.0 Å². The zero-order chi connectivity index (χ0) is 22.2. The number of nitrogens with zero attached hydrogens (tertiary/aromatic N) is 7. The van der Waals surface area contributed by atoms with Gasteiger partial charge in [0.2, 0.25) is 0 Å². The molecule has 0 unspecified atom stereocenters. The molecule has 0 bridgehead atoms. The summed E-state index contributed by atoms with van der Waals surface area (Å²) < 4.78 is 4.43. The maximum Gasteiger partial charge on any atom is 2.00 e. The number of hydrogen-bond acceptors (Lipinski definition) is 5. The first-order valence-electron chi connectivity index (χ1n) is 10.7. The quantitative estimate of drug-likeness (QED) is 0.250. The van der Waals surface area contributed by atoms with Crippen LogP contribution in [-0.4, -0.2) is 62.1 Å². The van der Waals surface area contributed by atoms with E-state index < -0.39 is 0 Å². The summed E-state index contributed by atoms with van der Waals surface area (Å²) in [4.78, 5) is 19.2. The molecule has 0 spiro atoms. The minimum Gasteiger partial charge on any atom is -1.00 e. The summed E-state index contributed by atoms with van der Waals surface area (Å²) in [7, 11) is 8.25. The molecule has 0 aliphatic carbocycles. The van der Waals surface area contributed by atoms with Crippen molar-refractivity contribution in [3.05, 3.63) is 66.7 Å². The van der Waals surface area contributed by atoms with Crippen molar-refractivity contribution >= 4 is 22.1 Å². The molecule has 3 aromatic heterocycles. The Balaban J connectivity index is 0.00000144. The van der Waals surface area contributed by atoms with E-state index in [0.717, 1.165) is 58.4 Å². The number of imidazole rings is 2. The van der Waals surface area contributed by atoms with Gasteiger partial charge < -0.3 is 33.9 Å². The number of halogens is 2. The van der Waals surface area contributed by atoms with Crippen molar-refractivity contribution in [1.82, 2.24) is 33.9 Å². The standard InChI is InChI=1S/C25H27N7.2ClH.V/c1-29(2)16-31-22-14-7-5-10-18(22)27-24(31)20-12-9-13-21(26-20)25-28-19-11-6-8-15-23(19)32(25)17-30(3)4;;;/h5-15H,16-17H2,1-4H3;2*1H;/q;;;+2/p-2. The Morgan fingerprint density at radius 1 is 0.571 bits per heavy atom. The summed E-state index contributed by atoms with van der Waals surface area (Å²) in [6.45, 7) is 1.45. The molecule has 0 saturated heterocycles. The first-order chi connectivity index (χ1) is 15.5. The van der Waals surface area contributed by atoms with Crippen molar-refractivity contribution in [2.75, 3.05) is 28.2 Å². The van der Waals surface area contributed by atoms with E-state index in [-0.39, 0.29) is 43.4 Å². The third kappa shape index (κ3) is 5.72. The van der Waals surface area contributed by atoms with Crippen molar-refractivity contribution in [2.24, 2.45) is 0 Å². The van der Waals surface area contributed by atoms with Gasteiger partial charge in [-0.2, -0.15) is 0 Å². The van der Waals surface area contributed by atoms with Gasteiger partial charge in [-0.1, -0.05) is 30.3 Å². The molecule has 35 heavy (non-hydrogen) atoms. The largest absolute Gasteiger partial charge is 2.00 e. The van der Waals surface area contributed by atoms with Crippen molar-refractivity contribution < 1.29 is 43.4 Å². The Bertz CT molecular complexity index is 1310. The van der Waals surface area contributed by atoms with E-state index in [9.17, 15) is 0 Å². The fourth-order valence-corrected chi connectivity index (χ4v) is 4.08. The third-order valence-electron chi connectivity index (χ3n) is 5.36. The Kier molecular flexibility index (Phi) is 9.92. The summed E-state index contributed by atoms with van der Waals surface area (Å²) in [5, 5.41) is 0. The minimum atomic E-state index is 0. The number of rotatable bonds is 6. The van der Waals surface area contributed by atoms with Gasteiger partial charge in [-0.3, -0.25) is 9.80 Å². The normalized spacial score (nSPS) is 10.9. The Morgan fingerprint density at radius 3 is 1.37 bits per heavy atom. The van der Waals surface area contributed by atoms with Crippen LogP contribution in [0.15, 0.2) is 66.7 Å². The summed E-state index contributed by atoms with van der Waals surface area (Å²) >= 11 is 0. The van der Waals surface area contributed by atoms with Gasteiger partial charge in [-0.05, 0) is 64.6 Å². The second-order valence-corrected chi connectivity index (χ2v) is 8.55. The molecule has 0 saturated carbocycles. The van der Waals surface area contributed by atoms with Crippen LogP contribution in [-0.2, 0) is 31.9 Å². The predicted octanol–water partition coefficient (Wildman–Crippen LogP) is -1.84. The molecule has 5 rings (SSSR count). The Morgan fingerprint density at radius 2 is 0.971 bits per heavy atom. The van der Waals surface area contributed by atoms with E-state index >= 15 is 0 Å². The monoisotopic (exact) mass is 546 g/mol. The number of fused-ring (bicyclic) bond motifs is 2. The van der Waals surface area contributed by atoms with Gasteiger partial charge >= 0.3 is 18.6 Å². The van der Waals surface area contributed by atoms with Crippen LogP contribution in [0, 0.1) is 0 Å². The molecule has 2 aromatic carbocycles. The van der Waals surface area contributed by atoms with Crippen LogP contribution in [0.2, 0.25) is 0 Å². The molecule has 0 fully saturated rings. The smallest absolute Gasteiger partial charge is 1.00 e. The van der Waals surface area contributed by atoms with Crippen LogP contribution in [0.5, 0.6) is 0 Å². The van der Waals surface area contributed by atoms with Crippen molar-refractivity contribution in [1.29, 1.82) is 0 Å². The Labute approximate surface area is 229 Å². The number of pyridine rings is 1. The molecule has 0 aliphatic heterocycles. The van der Waals surface area contributed by atoms with Gasteiger partial charge in [-0.15, -0.1) is 0 Å². The van der Waals surface area contributed by atoms with E-state index in [4.69, 9.17) is 15.0 Å². The fraction of sp³-hybridized carbons (Fsp3) is 0.240. The van der Waals surface area contributed by atoms with Crippen LogP contribution in [0.3, 0.4) is 0 Å². The van der Waals surface area contributed by atoms with Gasteiger partial charge in [0.05, 0.1) is 35.4 Å². The summed E-state index contributed by atoms with van der Waals surface area (Å²) in [5.74, 6) is 1.72. The van der Waals surface area contributed by atoms with Crippen LogP contribution in [0.1, 0.15) is 0 Å². The minimum absolute atomic E-state index is 0. The van der Waals surface area contributed by atoms with E-state index in [0.29, 0.717) is 0 Å². The SMILES string of the molecule is CN(C)Cn1c(-c2cccc(-c3nc4ccccc4n3CN(C)C)n2)nc2ccccc21.[Cl-].[Cl-].[V+2]. The van der Waals surface area contributed by atoms with Crippen molar-refractivity contribution in [3.63, 3.8) is 0 Å². The zero-order valence-electron chi connectivity index (χ0n) is 20.1. The second kappa shape index (κ2) is 12.0. The molecule has 0 N–H and O–H groups in total. The first kappa shape index (κ1) is 28.8. The van der Waals surface area contributed by atoms with Gasteiger partial charge in [0, 0.05) is 0 Å². The second-order valence-electron chi connectivity index (χ2n) is 8.55. The number of hydrogen-bond donors (Lipinski definition) is 0. The average molecular weight is 547 g/mol. The van der Waals surface area contributed by atoms with E-state index in [1.807, 2.05) is 54.6 Å². The molecule has 5 aromatic rings. The molecule has 3 heterocycles. The predicted molar refractivity (Wildman–Crippen MR) is 129 cm³/mol. The van der Waals surface area contributed by atoms with E-state index in [1.165, 1.54) is 0 Å². The number of para-hydroxylation sites is 4. The molecule has 1 radical (unpaired) electrons. The van der Waals surface area contributed by atoms with Crippen LogP contribution in [0.4, 0.5) is 0 Å². The number of benzene rings is 2. The summed E-state index contributed by atoms with van der Waals surface area (Å²) in [6.07, 6.45) is 0. The molecule has 0 atom stereocenters.